The van der Waals surface area contributed by atoms with E-state index in [0.717, 1.165) is 0 Å². The van der Waals surface area contributed by atoms with Gasteiger partial charge in [0.1, 0.15) is 0 Å². The Hall–Kier alpha value is -0.154. The second-order valence-corrected chi connectivity index (χ2v) is 5.10. The summed E-state index contributed by atoms with van der Waals surface area (Å²) < 4.78 is 10.3. The number of benzene rings is 2. The van der Waals surface area contributed by atoms with Crippen LogP contribution in [0.1, 0.15) is 27.0 Å². The van der Waals surface area contributed by atoms with E-state index in [0.29, 0.717) is 17.2 Å². The van der Waals surface area contributed by atoms with Crippen LogP contribution in [0.2, 0.25) is 0 Å². The van der Waals surface area contributed by atoms with Crippen LogP contribution in [0.4, 0.5) is 0 Å². The molecule has 0 amide bonds. The molecule has 0 N–H and O–H groups in total. The summed E-state index contributed by atoms with van der Waals surface area (Å²) in [6.07, 6.45) is 0.695. The molecule has 0 spiro atoms. The summed E-state index contributed by atoms with van der Waals surface area (Å²) in [4.78, 5) is 10.2. The van der Waals surface area contributed by atoms with Crippen molar-refractivity contribution in [1.82, 2.24) is 0 Å². The van der Waals surface area contributed by atoms with Crippen LogP contribution in [-0.2, 0) is 4.57 Å². The first-order chi connectivity index (χ1) is 9.06. The van der Waals surface area contributed by atoms with Crippen LogP contribution in [0, 0.1) is 20.8 Å². The normalized spacial score (nSPS) is 9.15. The maximum atomic E-state index is 10.3. The van der Waals surface area contributed by atoms with E-state index in [-0.39, 0.29) is 59.8 Å². The van der Waals surface area contributed by atoms with Crippen molar-refractivity contribution < 1.29 is 9.36 Å². The van der Waals surface area contributed by atoms with Gasteiger partial charge < -0.3 is 0 Å². The number of aryl methyl sites for hydroxylation is 3. The van der Waals surface area contributed by atoms with Crippen LogP contribution >= 0.6 is 8.46 Å². The fraction of sp³-hybridized carbons (Fsp3) is 0.188. The summed E-state index contributed by atoms with van der Waals surface area (Å²) in [5.41, 5.74) is 4.55. The summed E-state index contributed by atoms with van der Waals surface area (Å²) in [6.45, 7) is 6.38. The van der Waals surface area contributed by atoms with E-state index in [1.807, 2.05) is 0 Å². The molecule has 0 atom stereocenters. The van der Waals surface area contributed by atoms with E-state index >= 15 is 0 Å². The average Bonchev–Trinajstić information content (AvgIpc) is 2.37. The quantitative estimate of drug-likeness (QED) is 0.484. The third-order valence-electron chi connectivity index (χ3n) is 2.53. The van der Waals surface area contributed by atoms with Crippen molar-refractivity contribution in [1.29, 1.82) is 0 Å². The topological polar surface area (TPSA) is 34.1 Å². The summed E-state index contributed by atoms with van der Waals surface area (Å²) >= 11 is 0. The molecule has 2 aromatic carbocycles. The van der Waals surface area contributed by atoms with Gasteiger partial charge in [-0.25, -0.2) is 0 Å². The molecule has 0 aliphatic heterocycles. The van der Waals surface area contributed by atoms with E-state index in [1.54, 1.807) is 24.3 Å². The van der Waals surface area contributed by atoms with Crippen LogP contribution in [-0.4, -0.2) is 57.7 Å². The zero-order chi connectivity index (χ0) is 14.3. The maximum absolute atomic E-state index is 10.3. The van der Waals surface area contributed by atoms with Gasteiger partial charge in [0.15, 0.2) is 14.7 Å². The van der Waals surface area contributed by atoms with Crippen LogP contribution < -0.4 is 5.30 Å². The van der Waals surface area contributed by atoms with Crippen molar-refractivity contribution in [2.24, 2.45) is 0 Å². The van der Waals surface area contributed by atoms with Crippen molar-refractivity contribution in [3.05, 3.63) is 64.7 Å². The standard InChI is InChI=1S/C9H12.C7H5O2P.K.H/c1-7-4-8(2)6-9(3)5-7;8-5-6-3-1-2-4-7(6)10-9;;/h4-6H,1-3H3;1-5H;;. The summed E-state index contributed by atoms with van der Waals surface area (Å²) in [7, 11) is -0.103. The molecule has 0 aliphatic rings. The molecule has 0 aromatic heterocycles. The molecule has 0 bridgehead atoms. The van der Waals surface area contributed by atoms with Crippen LogP contribution in [0.15, 0.2) is 42.5 Å². The first-order valence-electron chi connectivity index (χ1n) is 5.99. The van der Waals surface area contributed by atoms with Gasteiger partial charge in [-0.2, -0.15) is 0 Å². The monoisotopic (exact) mass is 312 g/mol. The summed E-state index contributed by atoms with van der Waals surface area (Å²) in [6, 6.07) is 13.3. The van der Waals surface area contributed by atoms with Crippen molar-refractivity contribution in [3.63, 3.8) is 0 Å². The van der Waals surface area contributed by atoms with Gasteiger partial charge in [0.25, 0.3) is 0 Å². The molecule has 100 valence electrons. The Morgan fingerprint density at radius 3 is 1.70 bits per heavy atom. The Kier molecular flexibility index (Phi) is 10.5. The summed E-state index contributed by atoms with van der Waals surface area (Å²) in [5.74, 6) is 0. The SMILES string of the molecule is Cc1cc(C)cc(C)c1.O=Cc1ccccc1P=O.[KH]. The van der Waals surface area contributed by atoms with Crippen LogP contribution in [0.3, 0.4) is 0 Å². The Balaban J connectivity index is 0.000000345. The Labute approximate surface area is 164 Å². The predicted octanol–water partition coefficient (Wildman–Crippen LogP) is 3.38. The number of carbonyl (C=O) groups is 1. The molecular weight excluding hydrogens is 294 g/mol. The number of aldehydes is 1. The van der Waals surface area contributed by atoms with E-state index in [4.69, 9.17) is 0 Å². The summed E-state index contributed by atoms with van der Waals surface area (Å²) in [5, 5.41) is 0.539. The molecule has 0 heterocycles. The van der Waals surface area contributed by atoms with Gasteiger partial charge in [-0.1, -0.05) is 53.1 Å². The van der Waals surface area contributed by atoms with Gasteiger partial charge in [0.05, 0.1) is 5.30 Å². The molecule has 0 unspecified atom stereocenters. The van der Waals surface area contributed by atoms with Crippen molar-refractivity contribution >= 4 is 71.4 Å². The number of hydrogen-bond acceptors (Lipinski definition) is 2. The second-order valence-electron chi connectivity index (χ2n) is 4.43. The van der Waals surface area contributed by atoms with Gasteiger partial charge >= 0.3 is 51.4 Å². The molecule has 0 saturated carbocycles. The molecular formula is C16H18KO2P. The van der Waals surface area contributed by atoms with Gasteiger partial charge in [0.2, 0.25) is 0 Å². The molecule has 0 saturated heterocycles. The molecule has 0 radical (unpaired) electrons. The van der Waals surface area contributed by atoms with E-state index in [9.17, 15) is 9.36 Å². The fourth-order valence-corrected chi connectivity index (χ4v) is 2.25. The van der Waals surface area contributed by atoms with E-state index in [2.05, 4.69) is 39.0 Å². The first kappa shape index (κ1) is 19.8. The van der Waals surface area contributed by atoms with E-state index in [1.165, 1.54) is 16.7 Å². The zero-order valence-electron chi connectivity index (χ0n) is 11.4. The van der Waals surface area contributed by atoms with Crippen LogP contribution in [0.25, 0.3) is 0 Å². The first-order valence-corrected chi connectivity index (χ1v) is 6.80. The Bertz CT molecular complexity index is 505. The molecule has 2 aromatic rings. The molecule has 0 aliphatic carbocycles. The number of hydrogen-bond donors (Lipinski definition) is 0. The third-order valence-corrected chi connectivity index (χ3v) is 3.13. The fourth-order valence-electron chi connectivity index (χ4n) is 1.87. The van der Waals surface area contributed by atoms with Crippen molar-refractivity contribution in [2.45, 2.75) is 20.8 Å². The van der Waals surface area contributed by atoms with Crippen LogP contribution in [0.5, 0.6) is 0 Å². The van der Waals surface area contributed by atoms with Crippen molar-refractivity contribution in [3.8, 4) is 0 Å². The second kappa shape index (κ2) is 10.6. The average molecular weight is 312 g/mol. The molecule has 4 heteroatoms. The molecule has 0 fully saturated rings. The minimum absolute atomic E-state index is 0. The van der Waals surface area contributed by atoms with Gasteiger partial charge in [-0.15, -0.1) is 0 Å². The Morgan fingerprint density at radius 2 is 1.35 bits per heavy atom. The third kappa shape index (κ3) is 7.03. The molecule has 20 heavy (non-hydrogen) atoms. The predicted molar refractivity (Wildman–Crippen MR) is 86.9 cm³/mol. The van der Waals surface area contributed by atoms with Crippen molar-refractivity contribution in [2.75, 3.05) is 0 Å². The Morgan fingerprint density at radius 1 is 0.900 bits per heavy atom. The van der Waals surface area contributed by atoms with Gasteiger partial charge in [-0.05, 0) is 26.8 Å². The zero-order valence-corrected chi connectivity index (χ0v) is 12.3. The number of rotatable bonds is 2. The number of carbonyl (C=O) groups excluding carboxylic acids is 1. The van der Waals surface area contributed by atoms with Gasteiger partial charge in [0, 0.05) is 5.56 Å². The van der Waals surface area contributed by atoms with E-state index < -0.39 is 0 Å². The van der Waals surface area contributed by atoms with Gasteiger partial charge in [-0.3, -0.25) is 9.36 Å². The minimum atomic E-state index is -0.103. The molecule has 2 rings (SSSR count). The molecule has 2 nitrogen and oxygen atoms in total.